The number of amides is 1. The molecule has 5 nitrogen and oxygen atoms in total. The fraction of sp³-hybridized carbons (Fsp3) is 0.294. The topological polar surface area (TPSA) is 63.2 Å². The average molecular weight is 424 g/mol. The third-order valence-electron chi connectivity index (χ3n) is 3.84. The zero-order chi connectivity index (χ0) is 17.9. The van der Waals surface area contributed by atoms with E-state index in [0.29, 0.717) is 12.2 Å². The number of nitrogens with zero attached hydrogens (tertiary/aromatic N) is 1. The number of hydrogen-bond acceptors (Lipinski definition) is 4. The van der Waals surface area contributed by atoms with Crippen molar-refractivity contribution in [3.63, 3.8) is 0 Å². The molecule has 0 radical (unpaired) electrons. The summed E-state index contributed by atoms with van der Waals surface area (Å²) in [5.74, 6) is 0.348. The molecule has 27 heavy (non-hydrogen) atoms. The standard InChI is InChI=1S/C17H16F3N3O2.2ClH/c18-17(19,20)12-1-4-14(5-2-12)25-15-6-3-13(10-22-15)23-16(24)11-7-8-21-9-11;;/h1-6,10-11,21H,7-9H2,(H,23,24);2*1H. The summed E-state index contributed by atoms with van der Waals surface area (Å²) in [7, 11) is 0. The highest BCUT2D eigenvalue weighted by atomic mass is 35.5. The Morgan fingerprint density at radius 1 is 1.15 bits per heavy atom. The van der Waals surface area contributed by atoms with Gasteiger partial charge in [-0.1, -0.05) is 0 Å². The van der Waals surface area contributed by atoms with Crippen LogP contribution in [0.25, 0.3) is 0 Å². The lowest BCUT2D eigenvalue weighted by Gasteiger charge is -2.11. The normalized spacial score (nSPS) is 16.0. The van der Waals surface area contributed by atoms with Crippen molar-refractivity contribution < 1.29 is 22.7 Å². The van der Waals surface area contributed by atoms with E-state index in [2.05, 4.69) is 15.6 Å². The predicted molar refractivity (Wildman–Crippen MR) is 99.9 cm³/mol. The van der Waals surface area contributed by atoms with Gasteiger partial charge in [-0.15, -0.1) is 24.8 Å². The zero-order valence-electron chi connectivity index (χ0n) is 14.0. The Morgan fingerprint density at radius 2 is 1.85 bits per heavy atom. The maximum atomic E-state index is 12.5. The summed E-state index contributed by atoms with van der Waals surface area (Å²) in [6.45, 7) is 1.49. The molecule has 1 aromatic heterocycles. The van der Waals surface area contributed by atoms with Gasteiger partial charge >= 0.3 is 6.18 Å². The van der Waals surface area contributed by atoms with Crippen LogP contribution in [0, 0.1) is 5.92 Å². The van der Waals surface area contributed by atoms with E-state index < -0.39 is 11.7 Å². The van der Waals surface area contributed by atoms with E-state index in [0.717, 1.165) is 25.1 Å². The molecular formula is C17H18Cl2F3N3O2. The maximum Gasteiger partial charge on any atom is 0.416 e. The van der Waals surface area contributed by atoms with Gasteiger partial charge in [0.2, 0.25) is 11.8 Å². The molecule has 10 heteroatoms. The third-order valence-corrected chi connectivity index (χ3v) is 3.84. The Hall–Kier alpha value is -2.03. The SMILES string of the molecule is Cl.Cl.O=C(Nc1ccc(Oc2ccc(C(F)(F)F)cc2)nc1)C1CCNC1. The van der Waals surface area contributed by atoms with Crippen LogP contribution in [0.3, 0.4) is 0 Å². The second kappa shape index (κ2) is 9.77. The van der Waals surface area contributed by atoms with Crippen molar-refractivity contribution in [1.82, 2.24) is 10.3 Å². The second-order valence-electron chi connectivity index (χ2n) is 5.69. The molecule has 2 N–H and O–H groups in total. The fourth-order valence-corrected chi connectivity index (χ4v) is 2.47. The molecule has 1 aliphatic rings. The summed E-state index contributed by atoms with van der Waals surface area (Å²) in [6.07, 6.45) is -2.14. The lowest BCUT2D eigenvalue weighted by Crippen LogP contribution is -2.24. The van der Waals surface area contributed by atoms with Gasteiger partial charge < -0.3 is 15.4 Å². The minimum Gasteiger partial charge on any atom is -0.439 e. The van der Waals surface area contributed by atoms with Gasteiger partial charge in [0, 0.05) is 12.6 Å². The molecule has 1 amide bonds. The molecule has 1 atom stereocenters. The van der Waals surface area contributed by atoms with E-state index in [1.807, 2.05) is 0 Å². The molecule has 148 valence electrons. The zero-order valence-corrected chi connectivity index (χ0v) is 15.6. The van der Waals surface area contributed by atoms with Gasteiger partial charge in [0.15, 0.2) is 0 Å². The highest BCUT2D eigenvalue weighted by Gasteiger charge is 2.30. The van der Waals surface area contributed by atoms with Crippen LogP contribution >= 0.6 is 24.8 Å². The maximum absolute atomic E-state index is 12.5. The fourth-order valence-electron chi connectivity index (χ4n) is 2.47. The van der Waals surface area contributed by atoms with Gasteiger partial charge in [-0.25, -0.2) is 4.98 Å². The van der Waals surface area contributed by atoms with Crippen molar-refractivity contribution in [1.29, 1.82) is 0 Å². The molecule has 0 bridgehead atoms. The smallest absolute Gasteiger partial charge is 0.416 e. The Bertz CT molecular complexity index is 735. The minimum absolute atomic E-state index is 0. The number of halogens is 5. The van der Waals surface area contributed by atoms with Gasteiger partial charge in [-0.3, -0.25) is 4.79 Å². The van der Waals surface area contributed by atoms with Gasteiger partial charge in [0.25, 0.3) is 0 Å². The van der Waals surface area contributed by atoms with Crippen LogP contribution in [0.4, 0.5) is 18.9 Å². The largest absolute Gasteiger partial charge is 0.439 e. The highest BCUT2D eigenvalue weighted by Crippen LogP contribution is 2.31. The first kappa shape index (κ1) is 23.0. The number of aromatic nitrogens is 1. The van der Waals surface area contributed by atoms with Crippen LogP contribution < -0.4 is 15.4 Å². The summed E-state index contributed by atoms with van der Waals surface area (Å²) in [5.41, 5.74) is -0.205. The van der Waals surface area contributed by atoms with Gasteiger partial charge in [0.1, 0.15) is 5.75 Å². The van der Waals surface area contributed by atoms with Crippen molar-refractivity contribution in [2.45, 2.75) is 12.6 Å². The van der Waals surface area contributed by atoms with Crippen molar-refractivity contribution >= 4 is 36.4 Å². The highest BCUT2D eigenvalue weighted by molar-refractivity contribution is 5.92. The van der Waals surface area contributed by atoms with Crippen molar-refractivity contribution in [3.8, 4) is 11.6 Å². The van der Waals surface area contributed by atoms with Crippen LogP contribution in [0.1, 0.15) is 12.0 Å². The molecule has 2 aromatic rings. The van der Waals surface area contributed by atoms with Crippen molar-refractivity contribution in [2.75, 3.05) is 18.4 Å². The molecule has 1 fully saturated rings. The monoisotopic (exact) mass is 423 g/mol. The summed E-state index contributed by atoms with van der Waals surface area (Å²) in [5, 5.41) is 5.90. The molecule has 1 aliphatic heterocycles. The van der Waals surface area contributed by atoms with E-state index in [9.17, 15) is 18.0 Å². The van der Waals surface area contributed by atoms with Crippen LogP contribution in [0.2, 0.25) is 0 Å². The molecule has 1 aromatic carbocycles. The summed E-state index contributed by atoms with van der Waals surface area (Å²) >= 11 is 0. The minimum atomic E-state index is -4.38. The molecular weight excluding hydrogens is 406 g/mol. The van der Waals surface area contributed by atoms with Crippen molar-refractivity contribution in [3.05, 3.63) is 48.2 Å². The Labute approximate surface area is 166 Å². The summed E-state index contributed by atoms with van der Waals surface area (Å²) in [6, 6.07) is 7.52. The summed E-state index contributed by atoms with van der Waals surface area (Å²) in [4.78, 5) is 16.1. The van der Waals surface area contributed by atoms with E-state index in [-0.39, 0.29) is 48.3 Å². The Balaban J connectivity index is 0.00000182. The van der Waals surface area contributed by atoms with Gasteiger partial charge in [-0.2, -0.15) is 13.2 Å². The first-order valence-electron chi connectivity index (χ1n) is 7.74. The van der Waals surface area contributed by atoms with Crippen LogP contribution in [0.5, 0.6) is 11.6 Å². The third kappa shape index (κ3) is 6.27. The summed E-state index contributed by atoms with van der Waals surface area (Å²) < 4.78 is 43.0. The van der Waals surface area contributed by atoms with Gasteiger partial charge in [0.05, 0.1) is 23.4 Å². The number of ether oxygens (including phenoxy) is 1. The first-order valence-corrected chi connectivity index (χ1v) is 7.74. The number of carbonyl (C=O) groups is 1. The number of nitrogens with one attached hydrogen (secondary N) is 2. The number of carbonyl (C=O) groups excluding carboxylic acids is 1. The van der Waals surface area contributed by atoms with Crippen LogP contribution in [0.15, 0.2) is 42.6 Å². The van der Waals surface area contributed by atoms with Crippen molar-refractivity contribution in [2.24, 2.45) is 5.92 Å². The average Bonchev–Trinajstić information content (AvgIpc) is 3.11. The molecule has 0 saturated carbocycles. The molecule has 0 spiro atoms. The number of benzene rings is 1. The quantitative estimate of drug-likeness (QED) is 0.769. The lowest BCUT2D eigenvalue weighted by atomic mass is 10.1. The Kier molecular flexibility index (Phi) is 8.33. The van der Waals surface area contributed by atoms with E-state index >= 15 is 0 Å². The number of pyridine rings is 1. The molecule has 3 rings (SSSR count). The lowest BCUT2D eigenvalue weighted by molar-refractivity contribution is -0.137. The molecule has 0 aliphatic carbocycles. The van der Waals surface area contributed by atoms with Crippen LogP contribution in [-0.2, 0) is 11.0 Å². The Morgan fingerprint density at radius 3 is 2.37 bits per heavy atom. The number of alkyl halides is 3. The molecule has 1 saturated heterocycles. The first-order chi connectivity index (χ1) is 11.9. The predicted octanol–water partition coefficient (Wildman–Crippen LogP) is 4.28. The van der Waals surface area contributed by atoms with E-state index in [1.165, 1.54) is 18.3 Å². The van der Waals surface area contributed by atoms with Gasteiger partial charge in [-0.05, 0) is 43.3 Å². The molecule has 1 unspecified atom stereocenters. The number of hydrogen-bond donors (Lipinski definition) is 2. The van der Waals surface area contributed by atoms with E-state index in [1.54, 1.807) is 12.1 Å². The number of anilines is 1. The number of rotatable bonds is 4. The molecule has 2 heterocycles. The van der Waals surface area contributed by atoms with E-state index in [4.69, 9.17) is 4.74 Å². The second-order valence-corrected chi connectivity index (χ2v) is 5.69. The van der Waals surface area contributed by atoms with Crippen LogP contribution in [-0.4, -0.2) is 24.0 Å².